The van der Waals surface area contributed by atoms with E-state index in [9.17, 15) is 14.4 Å². The first-order chi connectivity index (χ1) is 31.8. The Morgan fingerprint density at radius 2 is 0.862 bits per heavy atom. The molecule has 0 amide bonds. The van der Waals surface area contributed by atoms with Crippen LogP contribution >= 0.6 is 0 Å². The third kappa shape index (κ3) is 41.6. The Bertz CT molecular complexity index is 1170. The third-order valence-corrected chi connectivity index (χ3v) is 12.9. The van der Waals surface area contributed by atoms with Crippen molar-refractivity contribution in [2.24, 2.45) is 5.92 Å². The fourth-order valence-corrected chi connectivity index (χ4v) is 8.87. The molecule has 0 aliphatic rings. The summed E-state index contributed by atoms with van der Waals surface area (Å²) in [4.78, 5) is 45.4. The molecule has 10 nitrogen and oxygen atoms in total. The molecule has 4 N–H and O–H groups in total. The predicted molar refractivity (Wildman–Crippen MR) is 280 cm³/mol. The van der Waals surface area contributed by atoms with Gasteiger partial charge < -0.3 is 35.3 Å². The summed E-state index contributed by atoms with van der Waals surface area (Å²) in [6.45, 7) is 12.9. The molecule has 0 radical (unpaired) electrons. The summed E-state index contributed by atoms with van der Waals surface area (Å²) >= 11 is 0. The van der Waals surface area contributed by atoms with Crippen molar-refractivity contribution in [3.63, 3.8) is 0 Å². The average Bonchev–Trinajstić information content (AvgIpc) is 3.31. The van der Waals surface area contributed by atoms with E-state index in [1.807, 2.05) is 7.11 Å². The number of carboxylic acid groups (broad SMARTS) is 1. The predicted octanol–water partition coefficient (Wildman–Crippen LogP) is 14.0. The summed E-state index contributed by atoms with van der Waals surface area (Å²) in [6, 6.07) is 0. The van der Waals surface area contributed by atoms with E-state index < -0.39 is 10.9 Å². The second kappa shape index (κ2) is 52.7. The summed E-state index contributed by atoms with van der Waals surface area (Å²) in [5.41, 5.74) is -0.266. The van der Waals surface area contributed by atoms with Crippen molar-refractivity contribution in [1.82, 2.24) is 4.90 Å². The van der Waals surface area contributed by atoms with Crippen LogP contribution < -0.4 is 21.5 Å². The molecule has 1 atom stereocenters. The highest BCUT2D eigenvalue weighted by Gasteiger charge is 2.20. The number of aliphatic hydroxyl groups is 1. The molecule has 1 aromatic carbocycles. The van der Waals surface area contributed by atoms with Crippen LogP contribution in [-0.4, -0.2) is 80.4 Å². The second-order valence-electron chi connectivity index (χ2n) is 18.7. The van der Waals surface area contributed by atoms with E-state index in [2.05, 4.69) is 43.2 Å². The van der Waals surface area contributed by atoms with Gasteiger partial charge in [-0.15, -0.1) is 0 Å². The molecule has 0 bridgehead atoms. The zero-order valence-corrected chi connectivity index (χ0v) is 43.4. The number of nitrogens with one attached hydrogen (secondary N) is 2. The van der Waals surface area contributed by atoms with Gasteiger partial charge in [-0.2, -0.15) is 0 Å². The Morgan fingerprint density at radius 3 is 1.26 bits per heavy atom. The first-order valence-electron chi connectivity index (χ1n) is 27.5. The van der Waals surface area contributed by atoms with Crippen LogP contribution in [-0.2, 0) is 14.3 Å². The summed E-state index contributed by atoms with van der Waals surface area (Å²) in [5.74, 6) is 0.940. The van der Waals surface area contributed by atoms with E-state index in [4.69, 9.17) is 19.7 Å². The van der Waals surface area contributed by atoms with E-state index >= 15 is 0 Å². The van der Waals surface area contributed by atoms with Gasteiger partial charge in [-0.3, -0.25) is 14.4 Å². The molecule has 1 unspecified atom stereocenters. The van der Waals surface area contributed by atoms with Crippen molar-refractivity contribution >= 4 is 24.1 Å². The maximum absolute atomic E-state index is 12.0. The molecule has 0 spiro atoms. The minimum absolute atomic E-state index is 0.0800. The van der Waals surface area contributed by atoms with Gasteiger partial charge in [0.15, 0.2) is 0 Å². The largest absolute Gasteiger partial charge is 0.483 e. The van der Waals surface area contributed by atoms with Crippen LogP contribution in [0.4, 0.5) is 11.4 Å². The molecular formula is C55H107N3O7. The highest BCUT2D eigenvalue weighted by molar-refractivity contribution is 5.73. The number of hydrogen-bond acceptors (Lipinski definition) is 9. The van der Waals surface area contributed by atoms with Gasteiger partial charge in [-0.1, -0.05) is 214 Å². The van der Waals surface area contributed by atoms with Gasteiger partial charge in [0.2, 0.25) is 0 Å². The SMILES string of the molecule is CCCCCCCCC(CCC)OC.CCCCCCCCC(CCCCCCCC)CCCCCCCN(CCCCCCCC=O)CCCNc1c(NCCO)c(=O)c1=O.O=CO. The first-order valence-corrected chi connectivity index (χ1v) is 27.5. The molecule has 0 heterocycles. The number of carbonyl (C=O) groups is 2. The highest BCUT2D eigenvalue weighted by Crippen LogP contribution is 2.25. The Labute approximate surface area is 400 Å². The molecule has 10 heteroatoms. The van der Waals surface area contributed by atoms with Crippen LogP contribution in [0, 0.1) is 5.92 Å². The quantitative estimate of drug-likeness (QED) is 0.0283. The zero-order valence-electron chi connectivity index (χ0n) is 43.4. The number of anilines is 2. The number of aliphatic hydroxyl groups excluding tert-OH is 1. The van der Waals surface area contributed by atoms with Crippen LogP contribution in [0.25, 0.3) is 0 Å². The van der Waals surface area contributed by atoms with Gasteiger partial charge in [-0.05, 0) is 64.1 Å². The molecule has 0 saturated carbocycles. The summed E-state index contributed by atoms with van der Waals surface area (Å²) < 4.78 is 5.42. The van der Waals surface area contributed by atoms with Crippen molar-refractivity contribution in [2.45, 2.75) is 265 Å². The molecular weight excluding hydrogens is 815 g/mol. The summed E-state index contributed by atoms with van der Waals surface area (Å²) in [7, 11) is 1.84. The third-order valence-electron chi connectivity index (χ3n) is 12.9. The normalized spacial score (nSPS) is 11.6. The van der Waals surface area contributed by atoms with E-state index in [0.717, 1.165) is 51.1 Å². The Hall–Kier alpha value is -2.30. The van der Waals surface area contributed by atoms with Crippen molar-refractivity contribution in [3.05, 3.63) is 20.4 Å². The summed E-state index contributed by atoms with van der Waals surface area (Å²) in [6.07, 6.45) is 48.7. The van der Waals surface area contributed by atoms with Gasteiger partial charge >= 0.3 is 0 Å². The number of nitrogens with zero attached hydrogens (tertiary/aromatic N) is 1. The van der Waals surface area contributed by atoms with Gasteiger partial charge in [0.1, 0.15) is 17.7 Å². The van der Waals surface area contributed by atoms with Crippen LogP contribution in [0.2, 0.25) is 0 Å². The number of hydrogen-bond donors (Lipinski definition) is 4. The zero-order chi connectivity index (χ0) is 48.3. The molecule has 65 heavy (non-hydrogen) atoms. The molecule has 0 aromatic heterocycles. The smallest absolute Gasteiger partial charge is 0.290 e. The van der Waals surface area contributed by atoms with E-state index in [1.54, 1.807) is 0 Å². The van der Waals surface area contributed by atoms with Gasteiger partial charge in [0.25, 0.3) is 17.3 Å². The van der Waals surface area contributed by atoms with Crippen molar-refractivity contribution in [3.8, 4) is 0 Å². The fourth-order valence-electron chi connectivity index (χ4n) is 8.87. The van der Waals surface area contributed by atoms with Crippen molar-refractivity contribution in [2.75, 3.05) is 57.1 Å². The van der Waals surface area contributed by atoms with E-state index in [1.165, 1.54) is 205 Å². The molecule has 1 rings (SSSR count). The van der Waals surface area contributed by atoms with Gasteiger partial charge in [0, 0.05) is 26.6 Å². The number of ether oxygens (including phenoxy) is 1. The number of rotatable bonds is 48. The first kappa shape index (κ1) is 64.8. The Kier molecular flexibility index (Phi) is 52.5. The molecule has 0 aliphatic carbocycles. The molecule has 0 fully saturated rings. The second-order valence-corrected chi connectivity index (χ2v) is 18.7. The Morgan fingerprint density at radius 1 is 0.492 bits per heavy atom. The maximum Gasteiger partial charge on any atom is 0.290 e. The Balaban J connectivity index is 0. The van der Waals surface area contributed by atoms with E-state index in [-0.39, 0.29) is 19.6 Å². The molecule has 0 saturated heterocycles. The van der Waals surface area contributed by atoms with Crippen LogP contribution in [0.3, 0.4) is 0 Å². The van der Waals surface area contributed by atoms with Crippen LogP contribution in [0.15, 0.2) is 9.59 Å². The highest BCUT2D eigenvalue weighted by atomic mass is 16.5. The van der Waals surface area contributed by atoms with Crippen molar-refractivity contribution in [1.29, 1.82) is 0 Å². The van der Waals surface area contributed by atoms with Gasteiger partial charge in [0.05, 0.1) is 12.7 Å². The lowest BCUT2D eigenvalue weighted by Gasteiger charge is -2.23. The monoisotopic (exact) mass is 922 g/mol. The van der Waals surface area contributed by atoms with Crippen LogP contribution in [0.1, 0.15) is 259 Å². The maximum atomic E-state index is 12.0. The molecule has 384 valence electrons. The minimum atomic E-state index is -0.494. The lowest BCUT2D eigenvalue weighted by molar-refractivity contribution is -0.122. The standard InChI is InChI=1S/C41H77N3O4.C13H28O.CH2O2/c1-3-5-7-9-14-20-27-37(28-21-15-10-8-6-4-2)29-22-16-13-18-24-33-44(32-23-17-11-12-19-25-35-45)34-26-30-42-38-39(43-31-36-46)41(48)40(38)47;1-4-6-7-8-9-10-12-13(14-3)11-5-2;2-1-3/h35,37,42-43,46H,3-34,36H2,1-2H3;13H,4-12H2,1-3H3;1H,(H,2,3). The van der Waals surface area contributed by atoms with Crippen LogP contribution in [0.5, 0.6) is 0 Å². The molecule has 1 aromatic rings. The molecule has 0 aliphatic heterocycles. The number of carbonyl (C=O) groups excluding carboxylic acids is 1. The van der Waals surface area contributed by atoms with Gasteiger partial charge in [-0.25, -0.2) is 0 Å². The minimum Gasteiger partial charge on any atom is -0.483 e. The summed E-state index contributed by atoms with van der Waals surface area (Å²) in [5, 5.41) is 21.9. The fraction of sp³-hybridized carbons (Fsp3) is 0.891. The number of aldehydes is 1. The van der Waals surface area contributed by atoms with E-state index in [0.29, 0.717) is 30.4 Å². The van der Waals surface area contributed by atoms with Crippen molar-refractivity contribution < 1.29 is 24.5 Å². The lowest BCUT2D eigenvalue weighted by atomic mass is 9.89. The lowest BCUT2D eigenvalue weighted by Crippen LogP contribution is -2.38. The number of unbranched alkanes of at least 4 members (excludes halogenated alkanes) is 24. The average molecular weight is 922 g/mol. The topological polar surface area (TPSA) is 145 Å². The number of methoxy groups -OCH3 is 1.